The largest absolute Gasteiger partial charge is 0.309 e. The molecule has 0 unspecified atom stereocenters. The van der Waals surface area contributed by atoms with Crippen LogP contribution >= 0.6 is 19.2 Å². The van der Waals surface area contributed by atoms with Gasteiger partial charge in [0.25, 0.3) is 0 Å². The van der Waals surface area contributed by atoms with Crippen LogP contribution in [0, 0.1) is 6.92 Å². The average Bonchev–Trinajstić information content (AvgIpc) is 3.09. The van der Waals surface area contributed by atoms with Crippen LogP contribution in [0.1, 0.15) is 5.82 Å². The molecular formula is C9H13ClN5OP. The van der Waals surface area contributed by atoms with Crippen molar-refractivity contribution in [3.63, 3.8) is 0 Å². The molecule has 0 amide bonds. The first-order valence-electron chi connectivity index (χ1n) is 5.48. The lowest BCUT2D eigenvalue weighted by Gasteiger charge is -2.21. The summed E-state index contributed by atoms with van der Waals surface area (Å²) in [4.78, 5) is 8.19. The van der Waals surface area contributed by atoms with Crippen LogP contribution in [0.2, 0.25) is 5.15 Å². The molecule has 1 N–H and O–H groups in total. The third-order valence-electron chi connectivity index (χ3n) is 2.68. The normalized spacial score (nSPS) is 20.4. The summed E-state index contributed by atoms with van der Waals surface area (Å²) in [6, 6.07) is 1.61. The molecule has 0 saturated carbocycles. The van der Waals surface area contributed by atoms with Crippen molar-refractivity contribution in [1.29, 1.82) is 0 Å². The molecule has 2 aliphatic heterocycles. The number of nitrogens with one attached hydrogen (secondary N) is 1. The van der Waals surface area contributed by atoms with Crippen molar-refractivity contribution in [3.05, 3.63) is 17.0 Å². The van der Waals surface area contributed by atoms with E-state index in [1.165, 1.54) is 0 Å². The van der Waals surface area contributed by atoms with Crippen molar-refractivity contribution in [2.45, 2.75) is 6.92 Å². The Balaban J connectivity index is 1.87. The number of rotatable bonds is 4. The molecular weight excluding hydrogens is 261 g/mol. The van der Waals surface area contributed by atoms with Gasteiger partial charge in [0.2, 0.25) is 0 Å². The van der Waals surface area contributed by atoms with Gasteiger partial charge in [0.15, 0.2) is 0 Å². The monoisotopic (exact) mass is 273 g/mol. The van der Waals surface area contributed by atoms with Gasteiger partial charge in [0.05, 0.1) is 0 Å². The van der Waals surface area contributed by atoms with Crippen molar-refractivity contribution in [3.8, 4) is 0 Å². The summed E-state index contributed by atoms with van der Waals surface area (Å²) in [5.41, 5.74) is 0. The Bertz CT molecular complexity index is 466. The van der Waals surface area contributed by atoms with E-state index in [-0.39, 0.29) is 0 Å². The van der Waals surface area contributed by atoms with Gasteiger partial charge in [0.1, 0.15) is 16.8 Å². The number of hydrogen-bond donors (Lipinski definition) is 1. The highest BCUT2D eigenvalue weighted by atomic mass is 35.5. The molecule has 0 aromatic carbocycles. The minimum absolute atomic E-state index is 0.364. The molecule has 3 heterocycles. The number of anilines is 1. The van der Waals surface area contributed by atoms with E-state index in [4.69, 9.17) is 11.6 Å². The van der Waals surface area contributed by atoms with E-state index < -0.39 is 7.59 Å². The van der Waals surface area contributed by atoms with Crippen molar-refractivity contribution < 1.29 is 4.57 Å². The number of aryl methyl sites for hydroxylation is 1. The quantitative estimate of drug-likeness (QED) is 0.511. The van der Waals surface area contributed by atoms with Crippen molar-refractivity contribution in [2.24, 2.45) is 0 Å². The van der Waals surface area contributed by atoms with Crippen molar-refractivity contribution in [1.82, 2.24) is 19.3 Å². The van der Waals surface area contributed by atoms with Gasteiger partial charge in [-0.1, -0.05) is 11.6 Å². The van der Waals surface area contributed by atoms with Gasteiger partial charge in [-0.05, 0) is 6.92 Å². The summed E-state index contributed by atoms with van der Waals surface area (Å²) < 4.78 is 16.6. The highest BCUT2D eigenvalue weighted by molar-refractivity contribution is 7.61. The standard InChI is InChI=1S/C9H13ClN5OP/c1-7-11-8(10)6-9(12-7)13-17(16,14-2-3-14)15-4-5-15/h6H,2-5H2,1H3,(H,11,12,13,16). The van der Waals surface area contributed by atoms with Crippen LogP contribution in [0.15, 0.2) is 6.07 Å². The number of halogens is 1. The highest BCUT2D eigenvalue weighted by Crippen LogP contribution is 2.59. The van der Waals surface area contributed by atoms with E-state index >= 15 is 0 Å². The van der Waals surface area contributed by atoms with E-state index in [9.17, 15) is 4.57 Å². The van der Waals surface area contributed by atoms with E-state index in [2.05, 4.69) is 15.1 Å². The summed E-state index contributed by atoms with van der Waals surface area (Å²) in [5, 5.41) is 3.40. The van der Waals surface area contributed by atoms with Gasteiger partial charge in [-0.15, -0.1) is 0 Å². The highest BCUT2D eigenvalue weighted by Gasteiger charge is 2.48. The molecule has 17 heavy (non-hydrogen) atoms. The Morgan fingerprint density at radius 3 is 2.35 bits per heavy atom. The average molecular weight is 274 g/mol. The second-order valence-corrected chi connectivity index (χ2v) is 7.02. The first-order valence-corrected chi connectivity index (χ1v) is 7.47. The smallest absolute Gasteiger partial charge is 0.297 e. The summed E-state index contributed by atoms with van der Waals surface area (Å²) >= 11 is 5.86. The van der Waals surface area contributed by atoms with Gasteiger partial charge in [-0.2, -0.15) is 0 Å². The SMILES string of the molecule is Cc1nc(Cl)cc(NP(=O)(N2CC2)N2CC2)n1. The number of hydrogen-bond acceptors (Lipinski definition) is 3. The van der Waals surface area contributed by atoms with Gasteiger partial charge in [-0.25, -0.2) is 19.3 Å². The maximum absolute atomic E-state index is 12.8. The molecule has 3 rings (SSSR count). The van der Waals surface area contributed by atoms with Crippen LogP contribution in [0.3, 0.4) is 0 Å². The molecule has 2 fully saturated rings. The molecule has 0 aliphatic carbocycles. The Morgan fingerprint density at radius 1 is 1.29 bits per heavy atom. The Hall–Kier alpha value is -0.680. The first-order chi connectivity index (χ1) is 8.08. The second kappa shape index (κ2) is 3.92. The lowest BCUT2D eigenvalue weighted by atomic mass is 10.5. The summed E-state index contributed by atoms with van der Waals surface area (Å²) in [7, 11) is -2.63. The summed E-state index contributed by atoms with van der Waals surface area (Å²) in [5.74, 6) is 1.10. The zero-order valence-electron chi connectivity index (χ0n) is 9.43. The van der Waals surface area contributed by atoms with Crippen molar-refractivity contribution >= 4 is 25.0 Å². The zero-order chi connectivity index (χ0) is 12.0. The molecule has 0 atom stereocenters. The molecule has 2 saturated heterocycles. The lowest BCUT2D eigenvalue weighted by Crippen LogP contribution is -2.13. The Labute approximate surface area is 105 Å². The molecule has 2 aliphatic rings. The van der Waals surface area contributed by atoms with Crippen LogP contribution in [-0.4, -0.2) is 45.5 Å². The fourth-order valence-corrected chi connectivity index (χ4v) is 4.23. The van der Waals surface area contributed by atoms with Crippen LogP contribution in [0.5, 0.6) is 0 Å². The van der Waals surface area contributed by atoms with Gasteiger partial charge < -0.3 is 0 Å². The summed E-state index contributed by atoms with van der Waals surface area (Å²) in [6.07, 6.45) is 0. The first kappa shape index (κ1) is 11.4. The van der Waals surface area contributed by atoms with E-state index in [1.807, 2.05) is 9.34 Å². The van der Waals surface area contributed by atoms with E-state index in [1.54, 1.807) is 13.0 Å². The predicted octanol–water partition coefficient (Wildman–Crippen LogP) is 1.59. The molecule has 0 radical (unpaired) electrons. The molecule has 6 nitrogen and oxygen atoms in total. The fraction of sp³-hybridized carbons (Fsp3) is 0.556. The zero-order valence-corrected chi connectivity index (χ0v) is 11.1. The Morgan fingerprint density at radius 2 is 1.88 bits per heavy atom. The summed E-state index contributed by atoms with van der Waals surface area (Å²) in [6.45, 7) is 5.26. The Kier molecular flexibility index (Phi) is 2.63. The third kappa shape index (κ3) is 2.31. The predicted molar refractivity (Wildman–Crippen MR) is 66.2 cm³/mol. The van der Waals surface area contributed by atoms with Crippen LogP contribution in [-0.2, 0) is 4.57 Å². The number of aromatic nitrogens is 2. The molecule has 8 heteroatoms. The van der Waals surface area contributed by atoms with Crippen LogP contribution < -0.4 is 5.09 Å². The molecule has 1 aromatic heterocycles. The molecule has 1 aromatic rings. The minimum Gasteiger partial charge on any atom is -0.297 e. The molecule has 92 valence electrons. The van der Waals surface area contributed by atoms with E-state index in [0.29, 0.717) is 16.8 Å². The lowest BCUT2D eigenvalue weighted by molar-refractivity contribution is 0.524. The van der Waals surface area contributed by atoms with E-state index in [0.717, 1.165) is 26.2 Å². The molecule has 0 spiro atoms. The topological polar surface area (TPSA) is 60.9 Å². The van der Waals surface area contributed by atoms with Crippen LogP contribution in [0.25, 0.3) is 0 Å². The van der Waals surface area contributed by atoms with Gasteiger partial charge in [0, 0.05) is 32.2 Å². The second-order valence-electron chi connectivity index (χ2n) is 4.19. The van der Waals surface area contributed by atoms with Gasteiger partial charge in [-0.3, -0.25) is 9.65 Å². The fourth-order valence-electron chi connectivity index (χ4n) is 1.69. The van der Waals surface area contributed by atoms with Gasteiger partial charge >= 0.3 is 7.59 Å². The maximum atomic E-state index is 12.8. The maximum Gasteiger partial charge on any atom is 0.309 e. The third-order valence-corrected chi connectivity index (χ3v) is 5.73. The van der Waals surface area contributed by atoms with Crippen molar-refractivity contribution in [2.75, 3.05) is 31.3 Å². The molecule has 0 bridgehead atoms. The van der Waals surface area contributed by atoms with Crippen LogP contribution in [0.4, 0.5) is 5.82 Å². The number of nitrogens with zero attached hydrogens (tertiary/aromatic N) is 4. The minimum atomic E-state index is -2.63.